The highest BCUT2D eigenvalue weighted by molar-refractivity contribution is 5.75. The van der Waals surface area contributed by atoms with Crippen LogP contribution < -0.4 is 5.69 Å². The number of rotatable bonds is 4. The van der Waals surface area contributed by atoms with Gasteiger partial charge in [-0.05, 0) is 19.1 Å². The minimum absolute atomic E-state index is 0.0591. The lowest BCUT2D eigenvalue weighted by Gasteiger charge is -2.03. The number of nitrogens with zero attached hydrogens (tertiary/aromatic N) is 4. The summed E-state index contributed by atoms with van der Waals surface area (Å²) in [5.41, 5.74) is 2.05. The van der Waals surface area contributed by atoms with Crippen molar-refractivity contribution in [1.29, 1.82) is 0 Å². The highest BCUT2D eigenvalue weighted by Crippen LogP contribution is 2.12. The van der Waals surface area contributed by atoms with E-state index >= 15 is 0 Å². The van der Waals surface area contributed by atoms with Gasteiger partial charge < -0.3 is 4.57 Å². The predicted octanol–water partition coefficient (Wildman–Crippen LogP) is 1.72. The molecule has 2 aromatic heterocycles. The molecule has 0 atom stereocenters. The van der Waals surface area contributed by atoms with Crippen LogP contribution in [0.3, 0.4) is 0 Å². The number of hydrogen-bond donors (Lipinski definition) is 0. The molecule has 19 heavy (non-hydrogen) atoms. The highest BCUT2D eigenvalue weighted by Gasteiger charge is 2.10. The van der Waals surface area contributed by atoms with Crippen molar-refractivity contribution in [3.63, 3.8) is 0 Å². The van der Waals surface area contributed by atoms with Crippen molar-refractivity contribution in [3.05, 3.63) is 53.5 Å². The Bertz CT molecular complexity index is 736. The fourth-order valence-electron chi connectivity index (χ4n) is 2.43. The molecule has 0 amide bonds. The molecule has 3 aromatic rings. The first-order valence-electron chi connectivity index (χ1n) is 6.45. The van der Waals surface area contributed by atoms with Crippen molar-refractivity contribution >= 4 is 11.0 Å². The van der Waals surface area contributed by atoms with Crippen molar-refractivity contribution in [3.8, 4) is 0 Å². The third-order valence-electron chi connectivity index (χ3n) is 3.38. The average molecular weight is 256 g/mol. The lowest BCUT2D eigenvalue weighted by atomic mass is 10.3. The number of benzene rings is 1. The van der Waals surface area contributed by atoms with Crippen molar-refractivity contribution in [2.75, 3.05) is 0 Å². The summed E-state index contributed by atoms with van der Waals surface area (Å²) in [7, 11) is 0. The predicted molar refractivity (Wildman–Crippen MR) is 74.1 cm³/mol. The first-order chi connectivity index (χ1) is 9.31. The molecule has 0 fully saturated rings. The molecule has 0 N–H and O–H groups in total. The van der Waals surface area contributed by atoms with Crippen LogP contribution in [0.15, 0.2) is 47.8 Å². The molecule has 0 aliphatic heterocycles. The van der Waals surface area contributed by atoms with E-state index in [1.54, 1.807) is 12.5 Å². The van der Waals surface area contributed by atoms with E-state index < -0.39 is 0 Å². The molecule has 0 unspecified atom stereocenters. The van der Waals surface area contributed by atoms with E-state index in [2.05, 4.69) is 4.98 Å². The van der Waals surface area contributed by atoms with Gasteiger partial charge in [-0.3, -0.25) is 9.13 Å². The monoisotopic (exact) mass is 256 g/mol. The summed E-state index contributed by atoms with van der Waals surface area (Å²) in [6.45, 7) is 4.09. The van der Waals surface area contributed by atoms with Crippen LogP contribution in [0, 0.1) is 0 Å². The minimum Gasteiger partial charge on any atom is -0.336 e. The number of aryl methyl sites for hydroxylation is 3. The van der Waals surface area contributed by atoms with Gasteiger partial charge in [0.15, 0.2) is 0 Å². The smallest absolute Gasteiger partial charge is 0.329 e. The molecule has 0 radical (unpaired) electrons. The van der Waals surface area contributed by atoms with Crippen LogP contribution in [0.25, 0.3) is 11.0 Å². The van der Waals surface area contributed by atoms with E-state index in [1.165, 1.54) is 0 Å². The van der Waals surface area contributed by atoms with Crippen LogP contribution in [0.4, 0.5) is 0 Å². The fraction of sp³-hybridized carbons (Fsp3) is 0.286. The first-order valence-corrected chi connectivity index (χ1v) is 6.45. The van der Waals surface area contributed by atoms with Gasteiger partial charge in [0.25, 0.3) is 0 Å². The Kier molecular flexibility index (Phi) is 2.95. The van der Waals surface area contributed by atoms with E-state index in [1.807, 2.05) is 51.1 Å². The zero-order chi connectivity index (χ0) is 13.2. The molecule has 98 valence electrons. The molecular weight excluding hydrogens is 240 g/mol. The summed E-state index contributed by atoms with van der Waals surface area (Å²) >= 11 is 0. The van der Waals surface area contributed by atoms with E-state index in [-0.39, 0.29) is 5.69 Å². The van der Waals surface area contributed by atoms with E-state index in [9.17, 15) is 4.79 Å². The Hall–Kier alpha value is -2.30. The Morgan fingerprint density at radius 1 is 1.11 bits per heavy atom. The number of fused-ring (bicyclic) bond motifs is 1. The lowest BCUT2D eigenvalue weighted by molar-refractivity contribution is 0.561. The van der Waals surface area contributed by atoms with Crippen LogP contribution in [0.5, 0.6) is 0 Å². The Morgan fingerprint density at radius 2 is 1.84 bits per heavy atom. The van der Waals surface area contributed by atoms with Crippen LogP contribution in [0.2, 0.25) is 0 Å². The van der Waals surface area contributed by atoms with Gasteiger partial charge in [0.05, 0.1) is 17.4 Å². The zero-order valence-electron chi connectivity index (χ0n) is 10.9. The van der Waals surface area contributed by atoms with Crippen LogP contribution in [-0.4, -0.2) is 18.7 Å². The van der Waals surface area contributed by atoms with Crippen LogP contribution >= 0.6 is 0 Å². The van der Waals surface area contributed by atoms with Crippen molar-refractivity contribution in [1.82, 2.24) is 18.7 Å². The molecule has 0 saturated heterocycles. The Balaban J connectivity index is 2.03. The number of aromatic nitrogens is 4. The quantitative estimate of drug-likeness (QED) is 0.713. The maximum atomic E-state index is 12.4. The van der Waals surface area contributed by atoms with Gasteiger partial charge in [0, 0.05) is 32.0 Å². The summed E-state index contributed by atoms with van der Waals surface area (Å²) in [6.07, 6.45) is 5.42. The second-order valence-corrected chi connectivity index (χ2v) is 4.47. The molecule has 0 bridgehead atoms. The summed E-state index contributed by atoms with van der Waals surface area (Å²) < 4.78 is 5.62. The number of hydrogen-bond acceptors (Lipinski definition) is 2. The molecule has 0 aliphatic rings. The third kappa shape index (κ3) is 1.97. The number of imidazole rings is 2. The van der Waals surface area contributed by atoms with Gasteiger partial charge in [-0.1, -0.05) is 12.1 Å². The summed E-state index contributed by atoms with van der Waals surface area (Å²) in [5, 5.41) is 0. The molecular formula is C14H16N4O. The maximum absolute atomic E-state index is 12.4. The summed E-state index contributed by atoms with van der Waals surface area (Å²) in [4.78, 5) is 16.4. The van der Waals surface area contributed by atoms with Crippen LogP contribution in [0.1, 0.15) is 6.92 Å². The third-order valence-corrected chi connectivity index (χ3v) is 3.38. The summed E-state index contributed by atoms with van der Waals surface area (Å²) in [6, 6.07) is 7.92. The van der Waals surface area contributed by atoms with Gasteiger partial charge >= 0.3 is 5.69 Å². The zero-order valence-corrected chi connectivity index (χ0v) is 10.9. The number of para-hydroxylation sites is 2. The maximum Gasteiger partial charge on any atom is 0.329 e. The first kappa shape index (κ1) is 11.8. The standard InChI is InChI=1S/C14H16N4O/c1-2-17-12-5-3-4-6-13(12)18(14(17)19)10-9-16-8-7-15-11-16/h3-8,11H,2,9-10H2,1H3. The largest absolute Gasteiger partial charge is 0.336 e. The van der Waals surface area contributed by atoms with Gasteiger partial charge in [0.2, 0.25) is 0 Å². The van der Waals surface area contributed by atoms with E-state index in [0.29, 0.717) is 13.1 Å². The molecule has 2 heterocycles. The molecule has 5 heteroatoms. The molecule has 1 aromatic carbocycles. The topological polar surface area (TPSA) is 44.8 Å². The Morgan fingerprint density at radius 3 is 2.47 bits per heavy atom. The van der Waals surface area contributed by atoms with Crippen molar-refractivity contribution < 1.29 is 0 Å². The van der Waals surface area contributed by atoms with Gasteiger partial charge in [-0.25, -0.2) is 9.78 Å². The minimum atomic E-state index is 0.0591. The van der Waals surface area contributed by atoms with Gasteiger partial charge in [-0.15, -0.1) is 0 Å². The Labute approximate surface area is 110 Å². The van der Waals surface area contributed by atoms with Crippen LogP contribution in [-0.2, 0) is 19.6 Å². The summed E-state index contributed by atoms with van der Waals surface area (Å²) in [5.74, 6) is 0. The lowest BCUT2D eigenvalue weighted by Crippen LogP contribution is -2.25. The normalized spacial score (nSPS) is 11.2. The molecule has 0 aliphatic carbocycles. The SMILES string of the molecule is CCn1c(=O)n(CCn2ccnc2)c2ccccc21. The van der Waals surface area contributed by atoms with Crippen molar-refractivity contribution in [2.24, 2.45) is 0 Å². The molecule has 0 spiro atoms. The second-order valence-electron chi connectivity index (χ2n) is 4.47. The van der Waals surface area contributed by atoms with E-state index in [0.717, 1.165) is 17.6 Å². The van der Waals surface area contributed by atoms with E-state index in [4.69, 9.17) is 0 Å². The fourth-order valence-corrected chi connectivity index (χ4v) is 2.43. The van der Waals surface area contributed by atoms with Crippen molar-refractivity contribution in [2.45, 2.75) is 26.6 Å². The highest BCUT2D eigenvalue weighted by atomic mass is 16.1. The van der Waals surface area contributed by atoms with Gasteiger partial charge in [-0.2, -0.15) is 0 Å². The molecule has 3 rings (SSSR count). The second kappa shape index (κ2) is 4.76. The molecule has 0 saturated carbocycles. The average Bonchev–Trinajstić information content (AvgIpc) is 3.02. The molecule has 5 nitrogen and oxygen atoms in total. The van der Waals surface area contributed by atoms with Gasteiger partial charge in [0.1, 0.15) is 0 Å².